The average Bonchev–Trinajstić information content (AvgIpc) is 3.08. The summed E-state index contributed by atoms with van der Waals surface area (Å²) in [6, 6.07) is 16.7. The third kappa shape index (κ3) is 7.10. The molecular formula is C36H33ClF5N5O3. The number of alkyl halides is 3. The minimum absolute atomic E-state index is 0.0495. The molecule has 0 radical (unpaired) electrons. The lowest BCUT2D eigenvalue weighted by Crippen LogP contribution is -2.44. The fourth-order valence-corrected chi connectivity index (χ4v) is 6.39. The number of ether oxygens (including phenoxy) is 3. The molecule has 2 aromatic heterocycles. The Hall–Kier alpha value is -4.75. The van der Waals surface area contributed by atoms with Crippen LogP contribution in [0.5, 0.6) is 11.5 Å². The first kappa shape index (κ1) is 35.1. The molecule has 1 aliphatic heterocycles. The number of fused-ring (bicyclic) bond motifs is 1. The predicted octanol–water partition coefficient (Wildman–Crippen LogP) is 8.40. The molecule has 8 nitrogen and oxygen atoms in total. The van der Waals surface area contributed by atoms with Gasteiger partial charge in [-0.25, -0.2) is 9.37 Å². The van der Waals surface area contributed by atoms with Gasteiger partial charge in [0, 0.05) is 25.0 Å². The van der Waals surface area contributed by atoms with Crippen molar-refractivity contribution in [2.45, 2.75) is 39.2 Å². The highest BCUT2D eigenvalue weighted by atomic mass is 35.5. The molecule has 0 saturated carbocycles. The first-order chi connectivity index (χ1) is 23.9. The molecule has 0 N–H and O–H groups in total. The highest BCUT2D eigenvalue weighted by molar-refractivity contribution is 6.34. The zero-order valence-electron chi connectivity index (χ0n) is 27.6. The van der Waals surface area contributed by atoms with Crippen LogP contribution in [0.25, 0.3) is 22.2 Å². The van der Waals surface area contributed by atoms with Crippen LogP contribution in [0.2, 0.25) is 5.02 Å². The van der Waals surface area contributed by atoms with E-state index in [1.165, 1.54) is 19.1 Å². The Bertz CT molecular complexity index is 1960. The second kappa shape index (κ2) is 14.2. The maximum absolute atomic E-state index is 16.7. The zero-order valence-corrected chi connectivity index (χ0v) is 28.4. The van der Waals surface area contributed by atoms with Crippen LogP contribution < -0.4 is 19.3 Å². The molecule has 0 unspecified atom stereocenters. The number of aromatic nitrogens is 3. The quantitative estimate of drug-likeness (QED) is 0.111. The topological polar surface area (TPSA) is 72.8 Å². The predicted molar refractivity (Wildman–Crippen MR) is 181 cm³/mol. The number of morpholine rings is 1. The van der Waals surface area contributed by atoms with E-state index in [0.29, 0.717) is 31.3 Å². The van der Waals surface area contributed by atoms with E-state index in [1.807, 2.05) is 31.2 Å². The molecule has 0 bridgehead atoms. The number of anilines is 2. The number of methoxy groups -OCH3 is 2. The first-order valence-electron chi connectivity index (χ1n) is 15.7. The lowest BCUT2D eigenvalue weighted by atomic mass is 9.98. The van der Waals surface area contributed by atoms with Crippen LogP contribution in [0.15, 0.2) is 60.7 Å². The summed E-state index contributed by atoms with van der Waals surface area (Å²) >= 11 is 6.68. The molecule has 1 fully saturated rings. The molecule has 5 aromatic rings. The van der Waals surface area contributed by atoms with Gasteiger partial charge in [-0.3, -0.25) is 0 Å². The van der Waals surface area contributed by atoms with Crippen molar-refractivity contribution in [3.05, 3.63) is 99.8 Å². The smallest absolute Gasteiger partial charge is 0.418 e. The lowest BCUT2D eigenvalue weighted by Gasteiger charge is -2.34. The summed E-state index contributed by atoms with van der Waals surface area (Å²) < 4.78 is 92.0. The summed E-state index contributed by atoms with van der Waals surface area (Å²) in [5.74, 6) is 0.213. The van der Waals surface area contributed by atoms with Gasteiger partial charge < -0.3 is 24.0 Å². The van der Waals surface area contributed by atoms with E-state index in [9.17, 15) is 17.6 Å². The summed E-state index contributed by atoms with van der Waals surface area (Å²) in [5, 5.41) is -0.313. The van der Waals surface area contributed by atoms with Crippen LogP contribution in [-0.4, -0.2) is 55.0 Å². The van der Waals surface area contributed by atoms with Gasteiger partial charge in [-0.2, -0.15) is 27.5 Å². The van der Waals surface area contributed by atoms with Gasteiger partial charge in [0.1, 0.15) is 28.7 Å². The van der Waals surface area contributed by atoms with Crippen molar-refractivity contribution >= 4 is 34.1 Å². The van der Waals surface area contributed by atoms with Crippen molar-refractivity contribution in [1.82, 2.24) is 15.0 Å². The van der Waals surface area contributed by atoms with Crippen molar-refractivity contribution in [3.63, 3.8) is 0 Å². The van der Waals surface area contributed by atoms with Crippen molar-refractivity contribution in [1.29, 1.82) is 0 Å². The highest BCUT2D eigenvalue weighted by Gasteiger charge is 2.39. The van der Waals surface area contributed by atoms with Crippen LogP contribution in [0.3, 0.4) is 0 Å². The third-order valence-corrected chi connectivity index (χ3v) is 8.89. The molecule has 1 atom stereocenters. The van der Waals surface area contributed by atoms with Crippen molar-refractivity contribution in [2.75, 3.05) is 43.8 Å². The molecule has 262 valence electrons. The van der Waals surface area contributed by atoms with E-state index < -0.39 is 40.4 Å². The van der Waals surface area contributed by atoms with Gasteiger partial charge >= 0.3 is 12.3 Å². The number of rotatable bonds is 9. The maximum atomic E-state index is 16.7. The summed E-state index contributed by atoms with van der Waals surface area (Å²) in [7, 11) is 3.09. The van der Waals surface area contributed by atoms with Gasteiger partial charge in [0.05, 0.1) is 55.3 Å². The first-order valence-corrected chi connectivity index (χ1v) is 16.0. The van der Waals surface area contributed by atoms with Crippen LogP contribution in [0, 0.1) is 18.8 Å². The molecule has 0 spiro atoms. The van der Waals surface area contributed by atoms with Crippen LogP contribution in [-0.2, 0) is 24.0 Å². The summed E-state index contributed by atoms with van der Waals surface area (Å²) in [5.41, 5.74) is -1.67. The van der Waals surface area contributed by atoms with E-state index in [0.717, 1.165) is 11.1 Å². The molecule has 3 heterocycles. The number of benzene rings is 3. The second-order valence-electron chi connectivity index (χ2n) is 11.9. The van der Waals surface area contributed by atoms with Crippen LogP contribution in [0.1, 0.15) is 29.2 Å². The Balaban J connectivity index is 1.54. The van der Waals surface area contributed by atoms with Gasteiger partial charge in [-0.05, 0) is 66.9 Å². The van der Waals surface area contributed by atoms with E-state index in [2.05, 4.69) is 15.0 Å². The van der Waals surface area contributed by atoms with Crippen molar-refractivity contribution in [3.8, 4) is 22.8 Å². The molecule has 1 saturated heterocycles. The lowest BCUT2D eigenvalue weighted by molar-refractivity contribution is -0.137. The maximum Gasteiger partial charge on any atom is 0.418 e. The summed E-state index contributed by atoms with van der Waals surface area (Å²) in [6.07, 6.45) is -6.19. The van der Waals surface area contributed by atoms with Gasteiger partial charge in [0.2, 0.25) is 0 Å². The standard InChI is InChI=1S/C36H33ClF5N5O3/c1-20-15-28(46(17-22-5-9-24(48-3)10-6-22)18-23-7-11-25(49-4)12-8-23)43-33(30(20)36(40,41)42)29-27(37)16-26-32(31(29)38)44-35(39)45-34(26)47-13-14-50-19-21(47)2/h5-12,15-16,21H,13-14,17-19H2,1-4H3/t21-/m0/s1. The molecule has 0 amide bonds. The van der Waals surface area contributed by atoms with Gasteiger partial charge in [0.25, 0.3) is 0 Å². The minimum atomic E-state index is -4.95. The second-order valence-corrected chi connectivity index (χ2v) is 12.4. The molecule has 0 aliphatic carbocycles. The number of halogens is 6. The normalized spacial score (nSPS) is 15.0. The number of hydrogen-bond donors (Lipinski definition) is 0. The summed E-state index contributed by atoms with van der Waals surface area (Å²) in [4.78, 5) is 15.6. The van der Waals surface area contributed by atoms with Crippen molar-refractivity contribution < 1.29 is 36.2 Å². The minimum Gasteiger partial charge on any atom is -0.497 e. The molecule has 14 heteroatoms. The Labute approximate surface area is 290 Å². The highest BCUT2D eigenvalue weighted by Crippen LogP contribution is 2.45. The van der Waals surface area contributed by atoms with E-state index in [1.54, 1.807) is 48.3 Å². The fraction of sp³-hybridized carbons (Fsp3) is 0.306. The van der Waals surface area contributed by atoms with Crippen LogP contribution in [0.4, 0.5) is 33.6 Å². The molecule has 3 aromatic carbocycles. The monoisotopic (exact) mass is 713 g/mol. The van der Waals surface area contributed by atoms with Crippen LogP contribution >= 0.6 is 11.6 Å². The number of hydrogen-bond acceptors (Lipinski definition) is 8. The molecular weight excluding hydrogens is 681 g/mol. The van der Waals surface area contributed by atoms with Gasteiger partial charge in [-0.1, -0.05) is 35.9 Å². The SMILES string of the molecule is COc1ccc(CN(Cc2ccc(OC)cc2)c2cc(C)c(C(F)(F)F)c(-c3c(Cl)cc4c(N5CCOC[C@@H]5C)nc(F)nc4c3F)n2)cc1. The van der Waals surface area contributed by atoms with Crippen molar-refractivity contribution in [2.24, 2.45) is 0 Å². The van der Waals surface area contributed by atoms with E-state index in [-0.39, 0.29) is 46.7 Å². The number of pyridine rings is 1. The fourth-order valence-electron chi connectivity index (χ4n) is 6.11. The Morgan fingerprint density at radius 2 is 1.52 bits per heavy atom. The average molecular weight is 714 g/mol. The van der Waals surface area contributed by atoms with Gasteiger partial charge in [0.15, 0.2) is 5.82 Å². The van der Waals surface area contributed by atoms with Gasteiger partial charge in [-0.15, -0.1) is 0 Å². The van der Waals surface area contributed by atoms with E-state index in [4.69, 9.17) is 25.8 Å². The Kier molecular flexibility index (Phi) is 9.99. The molecule has 50 heavy (non-hydrogen) atoms. The number of nitrogens with zero attached hydrogens (tertiary/aromatic N) is 5. The molecule has 1 aliphatic rings. The third-order valence-electron chi connectivity index (χ3n) is 8.59. The number of aryl methyl sites for hydroxylation is 1. The van der Waals surface area contributed by atoms with E-state index >= 15 is 4.39 Å². The Morgan fingerprint density at radius 3 is 2.06 bits per heavy atom. The molecule has 6 rings (SSSR count). The zero-order chi connectivity index (χ0) is 35.7. The Morgan fingerprint density at radius 1 is 0.920 bits per heavy atom. The largest absolute Gasteiger partial charge is 0.497 e. The summed E-state index contributed by atoms with van der Waals surface area (Å²) in [6.45, 7) is 4.52.